The van der Waals surface area contributed by atoms with Gasteiger partial charge in [0.05, 0.1) is 25.5 Å². The van der Waals surface area contributed by atoms with Crippen molar-refractivity contribution in [3.63, 3.8) is 0 Å². The van der Waals surface area contributed by atoms with E-state index in [1.807, 2.05) is 0 Å². The Morgan fingerprint density at radius 3 is 2.43 bits per heavy atom. The smallest absolute Gasteiger partial charge is 0.337 e. The van der Waals surface area contributed by atoms with Gasteiger partial charge < -0.3 is 14.8 Å². The molecule has 1 aromatic rings. The van der Waals surface area contributed by atoms with Crippen molar-refractivity contribution in [1.29, 1.82) is 0 Å². The number of methoxy groups -OCH3 is 2. The van der Waals surface area contributed by atoms with Gasteiger partial charge in [0.2, 0.25) is 11.8 Å². The van der Waals surface area contributed by atoms with Crippen LogP contribution in [-0.4, -0.2) is 51.4 Å². The Bertz CT molecular complexity index is 569. The van der Waals surface area contributed by atoms with Crippen molar-refractivity contribution in [2.24, 2.45) is 5.10 Å². The van der Waals surface area contributed by atoms with Gasteiger partial charge in [-0.05, 0) is 17.7 Å². The second-order valence-electron chi connectivity index (χ2n) is 4.43. The Hall–Kier alpha value is -2.74. The van der Waals surface area contributed by atoms with Gasteiger partial charge in [0, 0.05) is 13.7 Å². The van der Waals surface area contributed by atoms with E-state index in [1.165, 1.54) is 20.4 Å². The quantitative estimate of drug-likeness (QED) is 0.232. The van der Waals surface area contributed by atoms with Crippen LogP contribution in [0.15, 0.2) is 29.4 Å². The SMILES string of the molecule is COCCNC(=O)CC(=O)NN=Cc1ccc(C(=O)OC)cc1. The van der Waals surface area contributed by atoms with Crippen molar-refractivity contribution in [3.05, 3.63) is 35.4 Å². The monoisotopic (exact) mass is 321 g/mol. The molecule has 124 valence electrons. The summed E-state index contributed by atoms with van der Waals surface area (Å²) in [4.78, 5) is 34.1. The molecule has 1 rings (SSSR count). The van der Waals surface area contributed by atoms with E-state index in [0.717, 1.165) is 0 Å². The van der Waals surface area contributed by atoms with Gasteiger partial charge >= 0.3 is 5.97 Å². The molecular formula is C15H19N3O5. The Labute approximate surface area is 133 Å². The van der Waals surface area contributed by atoms with E-state index < -0.39 is 17.8 Å². The molecule has 0 unspecified atom stereocenters. The number of amides is 2. The zero-order chi connectivity index (χ0) is 17.1. The third-order valence-corrected chi connectivity index (χ3v) is 2.68. The molecule has 0 saturated carbocycles. The summed E-state index contributed by atoms with van der Waals surface area (Å²) >= 11 is 0. The van der Waals surface area contributed by atoms with E-state index in [0.29, 0.717) is 24.3 Å². The lowest BCUT2D eigenvalue weighted by Gasteiger charge is -2.03. The van der Waals surface area contributed by atoms with Gasteiger partial charge in [0.25, 0.3) is 0 Å². The fourth-order valence-electron chi connectivity index (χ4n) is 1.54. The summed E-state index contributed by atoms with van der Waals surface area (Å²) in [5, 5.41) is 6.26. The molecule has 0 aliphatic heterocycles. The van der Waals surface area contributed by atoms with Crippen molar-refractivity contribution in [1.82, 2.24) is 10.7 Å². The standard InChI is InChI=1S/C15H19N3O5/c1-22-8-7-16-13(19)9-14(20)18-17-10-11-3-5-12(6-4-11)15(21)23-2/h3-6,10H,7-9H2,1-2H3,(H,16,19)(H,18,20). The number of nitrogens with one attached hydrogen (secondary N) is 2. The molecule has 0 radical (unpaired) electrons. The molecule has 0 heterocycles. The second-order valence-corrected chi connectivity index (χ2v) is 4.43. The number of benzene rings is 1. The number of carbonyl (C=O) groups excluding carboxylic acids is 3. The Balaban J connectivity index is 2.39. The predicted molar refractivity (Wildman–Crippen MR) is 83.0 cm³/mol. The first-order valence-corrected chi connectivity index (χ1v) is 6.82. The maximum absolute atomic E-state index is 11.5. The number of nitrogens with zero attached hydrogens (tertiary/aromatic N) is 1. The van der Waals surface area contributed by atoms with Crippen LogP contribution in [0.2, 0.25) is 0 Å². The zero-order valence-corrected chi connectivity index (χ0v) is 13.0. The second kappa shape index (κ2) is 10.1. The number of hydrogen-bond acceptors (Lipinski definition) is 6. The van der Waals surface area contributed by atoms with Gasteiger partial charge in [-0.3, -0.25) is 9.59 Å². The Morgan fingerprint density at radius 1 is 1.13 bits per heavy atom. The average Bonchev–Trinajstić information content (AvgIpc) is 2.55. The van der Waals surface area contributed by atoms with E-state index in [-0.39, 0.29) is 6.42 Å². The van der Waals surface area contributed by atoms with Crippen LogP contribution in [0.1, 0.15) is 22.3 Å². The number of esters is 1. The highest BCUT2D eigenvalue weighted by atomic mass is 16.5. The molecule has 8 heteroatoms. The summed E-state index contributed by atoms with van der Waals surface area (Å²) in [6.07, 6.45) is 1.09. The van der Waals surface area contributed by atoms with Crippen molar-refractivity contribution in [2.75, 3.05) is 27.4 Å². The molecule has 2 N–H and O–H groups in total. The van der Waals surface area contributed by atoms with Gasteiger partial charge in [-0.1, -0.05) is 12.1 Å². The molecule has 0 saturated heterocycles. The van der Waals surface area contributed by atoms with Crippen LogP contribution in [0.5, 0.6) is 0 Å². The number of rotatable bonds is 8. The highest BCUT2D eigenvalue weighted by Gasteiger charge is 2.07. The van der Waals surface area contributed by atoms with Crippen LogP contribution in [0.25, 0.3) is 0 Å². The average molecular weight is 321 g/mol. The fourth-order valence-corrected chi connectivity index (χ4v) is 1.54. The van der Waals surface area contributed by atoms with E-state index in [2.05, 4.69) is 20.6 Å². The molecule has 0 aliphatic rings. The highest BCUT2D eigenvalue weighted by Crippen LogP contribution is 2.03. The number of ether oxygens (including phenoxy) is 2. The molecule has 1 aromatic carbocycles. The van der Waals surface area contributed by atoms with Gasteiger partial charge in [0.1, 0.15) is 6.42 Å². The summed E-state index contributed by atoms with van der Waals surface area (Å²) in [5.41, 5.74) is 3.35. The van der Waals surface area contributed by atoms with Gasteiger partial charge in [0.15, 0.2) is 0 Å². The molecule has 2 amide bonds. The molecular weight excluding hydrogens is 302 g/mol. The Kier molecular flexibility index (Phi) is 8.01. The number of hydrazone groups is 1. The summed E-state index contributed by atoms with van der Waals surface area (Å²) in [6.45, 7) is 0.728. The minimum atomic E-state index is -0.526. The van der Waals surface area contributed by atoms with E-state index in [9.17, 15) is 14.4 Å². The van der Waals surface area contributed by atoms with Crippen molar-refractivity contribution < 1.29 is 23.9 Å². The van der Waals surface area contributed by atoms with E-state index in [1.54, 1.807) is 24.3 Å². The molecule has 0 aromatic heterocycles. The van der Waals surface area contributed by atoms with Crippen LogP contribution in [0.3, 0.4) is 0 Å². The minimum Gasteiger partial charge on any atom is -0.465 e. The molecule has 23 heavy (non-hydrogen) atoms. The molecule has 8 nitrogen and oxygen atoms in total. The van der Waals surface area contributed by atoms with Gasteiger partial charge in [-0.15, -0.1) is 0 Å². The third-order valence-electron chi connectivity index (χ3n) is 2.68. The Morgan fingerprint density at radius 2 is 1.83 bits per heavy atom. The minimum absolute atomic E-state index is 0.317. The van der Waals surface area contributed by atoms with Gasteiger partial charge in [-0.25, -0.2) is 10.2 Å². The first kappa shape index (κ1) is 18.3. The molecule has 0 fully saturated rings. The van der Waals surface area contributed by atoms with Crippen LogP contribution in [-0.2, 0) is 19.1 Å². The predicted octanol–water partition coefficient (Wildman–Crippen LogP) is 0.0760. The van der Waals surface area contributed by atoms with Crippen molar-refractivity contribution >= 4 is 24.0 Å². The lowest BCUT2D eigenvalue weighted by molar-refractivity contribution is -0.129. The topological polar surface area (TPSA) is 106 Å². The van der Waals surface area contributed by atoms with Crippen LogP contribution >= 0.6 is 0 Å². The number of carbonyl (C=O) groups is 3. The normalized spacial score (nSPS) is 10.3. The fraction of sp³-hybridized carbons (Fsp3) is 0.333. The highest BCUT2D eigenvalue weighted by molar-refractivity contribution is 5.97. The maximum atomic E-state index is 11.5. The van der Waals surface area contributed by atoms with E-state index in [4.69, 9.17) is 4.74 Å². The van der Waals surface area contributed by atoms with E-state index >= 15 is 0 Å². The first-order valence-electron chi connectivity index (χ1n) is 6.82. The molecule has 0 atom stereocenters. The van der Waals surface area contributed by atoms with Crippen LogP contribution in [0.4, 0.5) is 0 Å². The summed E-state index contributed by atoms with van der Waals surface area (Å²) in [6, 6.07) is 6.47. The van der Waals surface area contributed by atoms with Crippen molar-refractivity contribution in [3.8, 4) is 0 Å². The molecule has 0 bridgehead atoms. The third kappa shape index (κ3) is 7.18. The van der Waals surface area contributed by atoms with Gasteiger partial charge in [-0.2, -0.15) is 5.10 Å². The maximum Gasteiger partial charge on any atom is 0.337 e. The summed E-state index contributed by atoms with van der Waals surface area (Å²) in [5.74, 6) is -1.36. The molecule has 0 aliphatic carbocycles. The molecule has 0 spiro atoms. The lowest BCUT2D eigenvalue weighted by Crippen LogP contribution is -2.31. The summed E-state index contributed by atoms with van der Waals surface area (Å²) in [7, 11) is 2.82. The lowest BCUT2D eigenvalue weighted by atomic mass is 10.1. The zero-order valence-electron chi connectivity index (χ0n) is 13.0. The largest absolute Gasteiger partial charge is 0.465 e. The van der Waals surface area contributed by atoms with Crippen molar-refractivity contribution in [2.45, 2.75) is 6.42 Å². The first-order chi connectivity index (χ1) is 11.1. The van der Waals surface area contributed by atoms with Crippen LogP contribution < -0.4 is 10.7 Å². The van der Waals surface area contributed by atoms with Crippen LogP contribution in [0, 0.1) is 0 Å². The number of hydrogen-bond donors (Lipinski definition) is 2. The summed E-state index contributed by atoms with van der Waals surface area (Å²) < 4.78 is 9.36.